The zero-order chi connectivity index (χ0) is 19.5. The predicted octanol–water partition coefficient (Wildman–Crippen LogP) is 0.525. The van der Waals surface area contributed by atoms with Crippen LogP contribution in [0.3, 0.4) is 0 Å². The second kappa shape index (κ2) is 8.49. The molecule has 1 amide bonds. The summed E-state index contributed by atoms with van der Waals surface area (Å²) in [5, 5.41) is 7.05. The van der Waals surface area contributed by atoms with E-state index < -0.39 is 10.0 Å². The highest BCUT2D eigenvalue weighted by atomic mass is 32.2. The number of amides is 1. The first-order chi connectivity index (χ1) is 12.1. The molecule has 2 heterocycles. The van der Waals surface area contributed by atoms with Crippen LogP contribution in [0.15, 0.2) is 0 Å². The molecule has 1 aromatic heterocycles. The molecule has 0 radical (unpaired) electrons. The highest BCUT2D eigenvalue weighted by Gasteiger charge is 2.30. The maximum atomic E-state index is 12.4. The quantitative estimate of drug-likeness (QED) is 0.738. The van der Waals surface area contributed by atoms with Gasteiger partial charge in [0, 0.05) is 38.8 Å². The summed E-state index contributed by atoms with van der Waals surface area (Å²) < 4.78 is 33.7. The summed E-state index contributed by atoms with van der Waals surface area (Å²) in [6.45, 7) is 8.47. The van der Waals surface area contributed by atoms with E-state index in [1.54, 1.807) is 4.68 Å². The van der Waals surface area contributed by atoms with E-state index in [0.717, 1.165) is 17.0 Å². The van der Waals surface area contributed by atoms with Crippen LogP contribution in [-0.4, -0.2) is 66.0 Å². The van der Waals surface area contributed by atoms with E-state index in [1.807, 2.05) is 34.7 Å². The Kier molecular flexibility index (Phi) is 6.81. The SMILES string of the molecule is Cc1nn(C)c(C)c1CCC(=O)NCCS(=O)(=O)N1C[C@H](C)O[C@@H](C)C1. The van der Waals surface area contributed by atoms with Crippen LogP contribution >= 0.6 is 0 Å². The van der Waals surface area contributed by atoms with E-state index in [1.165, 1.54) is 4.31 Å². The minimum absolute atomic E-state index is 0.0941. The third kappa shape index (κ3) is 5.28. The lowest BCUT2D eigenvalue weighted by molar-refractivity contribution is -0.120. The zero-order valence-corrected chi connectivity index (χ0v) is 17.1. The van der Waals surface area contributed by atoms with Crippen molar-refractivity contribution in [2.45, 2.75) is 52.7 Å². The molecule has 2 atom stereocenters. The van der Waals surface area contributed by atoms with E-state index in [2.05, 4.69) is 10.4 Å². The van der Waals surface area contributed by atoms with Crippen molar-refractivity contribution in [3.05, 3.63) is 17.0 Å². The second-order valence-electron chi connectivity index (χ2n) is 7.01. The van der Waals surface area contributed by atoms with Gasteiger partial charge in [-0.25, -0.2) is 8.42 Å². The number of nitrogens with zero attached hydrogens (tertiary/aromatic N) is 3. The number of aryl methyl sites for hydroxylation is 2. The van der Waals surface area contributed by atoms with Crippen molar-refractivity contribution in [2.75, 3.05) is 25.4 Å². The summed E-state index contributed by atoms with van der Waals surface area (Å²) in [6, 6.07) is 0. The molecular weight excluding hydrogens is 356 g/mol. The van der Waals surface area contributed by atoms with Gasteiger partial charge in [-0.3, -0.25) is 9.48 Å². The summed E-state index contributed by atoms with van der Waals surface area (Å²) in [6.07, 6.45) is 0.685. The van der Waals surface area contributed by atoms with Gasteiger partial charge < -0.3 is 10.1 Å². The van der Waals surface area contributed by atoms with Gasteiger partial charge in [0.25, 0.3) is 0 Å². The lowest BCUT2D eigenvalue weighted by Crippen LogP contribution is -2.49. The third-order valence-corrected chi connectivity index (χ3v) is 6.53. The van der Waals surface area contributed by atoms with Crippen LogP contribution in [0.4, 0.5) is 0 Å². The van der Waals surface area contributed by atoms with E-state index in [-0.39, 0.29) is 30.4 Å². The van der Waals surface area contributed by atoms with Gasteiger partial charge in [0.15, 0.2) is 0 Å². The Morgan fingerprint density at radius 3 is 2.42 bits per heavy atom. The molecule has 1 fully saturated rings. The number of sulfonamides is 1. The first-order valence-corrected chi connectivity index (χ1v) is 10.6. The second-order valence-corrected chi connectivity index (χ2v) is 9.10. The lowest BCUT2D eigenvalue weighted by Gasteiger charge is -2.34. The predicted molar refractivity (Wildman–Crippen MR) is 99.4 cm³/mol. The maximum absolute atomic E-state index is 12.4. The zero-order valence-electron chi connectivity index (χ0n) is 16.3. The van der Waals surface area contributed by atoms with Gasteiger partial charge in [0.2, 0.25) is 15.9 Å². The molecule has 8 nitrogen and oxygen atoms in total. The molecule has 0 aromatic carbocycles. The molecule has 148 valence electrons. The third-order valence-electron chi connectivity index (χ3n) is 4.72. The molecule has 26 heavy (non-hydrogen) atoms. The normalized spacial score (nSPS) is 21.7. The van der Waals surface area contributed by atoms with E-state index in [0.29, 0.717) is 25.9 Å². The fourth-order valence-corrected chi connectivity index (χ4v) is 4.80. The number of ether oxygens (including phenoxy) is 1. The van der Waals surface area contributed by atoms with Crippen molar-refractivity contribution < 1.29 is 17.9 Å². The fourth-order valence-electron chi connectivity index (χ4n) is 3.31. The van der Waals surface area contributed by atoms with Crippen LogP contribution in [0.1, 0.15) is 37.2 Å². The molecule has 0 aliphatic carbocycles. The molecular formula is C17H30N4O4S. The van der Waals surface area contributed by atoms with Gasteiger partial charge >= 0.3 is 0 Å². The molecule has 1 saturated heterocycles. The van der Waals surface area contributed by atoms with Gasteiger partial charge in [-0.15, -0.1) is 0 Å². The average Bonchev–Trinajstić information content (AvgIpc) is 2.77. The molecule has 0 spiro atoms. The Labute approximate surface area is 155 Å². The van der Waals surface area contributed by atoms with Crippen LogP contribution < -0.4 is 5.32 Å². The fraction of sp³-hybridized carbons (Fsp3) is 0.765. The Balaban J connectivity index is 1.78. The Hall–Kier alpha value is -1.45. The number of aromatic nitrogens is 2. The van der Waals surface area contributed by atoms with Gasteiger partial charge in [-0.2, -0.15) is 9.40 Å². The summed E-state index contributed by atoms with van der Waals surface area (Å²) in [7, 11) is -1.52. The van der Waals surface area contributed by atoms with Crippen molar-refractivity contribution >= 4 is 15.9 Å². The lowest BCUT2D eigenvalue weighted by atomic mass is 10.1. The monoisotopic (exact) mass is 386 g/mol. The van der Waals surface area contributed by atoms with Crippen LogP contribution in [0.5, 0.6) is 0 Å². The van der Waals surface area contributed by atoms with E-state index in [4.69, 9.17) is 4.74 Å². The van der Waals surface area contributed by atoms with Crippen molar-refractivity contribution in [1.29, 1.82) is 0 Å². The van der Waals surface area contributed by atoms with Crippen LogP contribution in [-0.2, 0) is 33.0 Å². The van der Waals surface area contributed by atoms with Crippen LogP contribution in [0.2, 0.25) is 0 Å². The number of carbonyl (C=O) groups excluding carboxylic acids is 1. The molecule has 1 aliphatic rings. The van der Waals surface area contributed by atoms with E-state index >= 15 is 0 Å². The molecule has 0 unspecified atom stereocenters. The standard InChI is InChI=1S/C17H30N4O4S/c1-12-10-21(11-13(2)25-12)26(23,24)9-8-18-17(22)7-6-16-14(3)19-20(5)15(16)4/h12-13H,6-11H2,1-5H3,(H,18,22)/t12-,13-/m0/s1. The Morgan fingerprint density at radius 2 is 1.88 bits per heavy atom. The molecule has 1 aromatic rings. The van der Waals surface area contributed by atoms with Crippen molar-refractivity contribution in [3.8, 4) is 0 Å². The first-order valence-electron chi connectivity index (χ1n) is 8.99. The summed E-state index contributed by atoms with van der Waals surface area (Å²) >= 11 is 0. The van der Waals surface area contributed by atoms with Crippen molar-refractivity contribution in [3.63, 3.8) is 0 Å². The molecule has 1 aliphatic heterocycles. The number of morpholine rings is 1. The number of hydrogen-bond donors (Lipinski definition) is 1. The Bertz CT molecular complexity index is 734. The molecule has 9 heteroatoms. The summed E-state index contributed by atoms with van der Waals surface area (Å²) in [5.41, 5.74) is 3.05. The van der Waals surface area contributed by atoms with Gasteiger partial charge in [-0.1, -0.05) is 0 Å². The molecule has 1 N–H and O–H groups in total. The average molecular weight is 387 g/mol. The first kappa shape index (κ1) is 20.9. The topological polar surface area (TPSA) is 93.5 Å². The van der Waals surface area contributed by atoms with Crippen molar-refractivity contribution in [2.24, 2.45) is 7.05 Å². The summed E-state index contributed by atoms with van der Waals surface area (Å²) in [4.78, 5) is 12.0. The Morgan fingerprint density at radius 1 is 1.27 bits per heavy atom. The maximum Gasteiger partial charge on any atom is 0.220 e. The smallest absolute Gasteiger partial charge is 0.220 e. The van der Waals surface area contributed by atoms with E-state index in [9.17, 15) is 13.2 Å². The van der Waals surface area contributed by atoms with Gasteiger partial charge in [-0.05, 0) is 39.7 Å². The number of rotatable bonds is 7. The highest BCUT2D eigenvalue weighted by Crippen LogP contribution is 2.15. The highest BCUT2D eigenvalue weighted by molar-refractivity contribution is 7.89. The van der Waals surface area contributed by atoms with Crippen LogP contribution in [0, 0.1) is 13.8 Å². The van der Waals surface area contributed by atoms with Crippen molar-refractivity contribution in [1.82, 2.24) is 19.4 Å². The largest absolute Gasteiger partial charge is 0.373 e. The number of hydrogen-bond acceptors (Lipinski definition) is 5. The number of nitrogens with one attached hydrogen (secondary N) is 1. The minimum Gasteiger partial charge on any atom is -0.373 e. The van der Waals surface area contributed by atoms with Gasteiger partial charge in [0.1, 0.15) is 0 Å². The molecule has 2 rings (SSSR count). The summed E-state index contributed by atoms with van der Waals surface area (Å²) in [5.74, 6) is -0.241. The van der Waals surface area contributed by atoms with Gasteiger partial charge in [0.05, 0.1) is 23.7 Å². The minimum atomic E-state index is -3.40. The molecule has 0 bridgehead atoms. The van der Waals surface area contributed by atoms with Crippen LogP contribution in [0.25, 0.3) is 0 Å². The number of carbonyl (C=O) groups is 1. The molecule has 0 saturated carbocycles.